The Balaban J connectivity index is 2.00. The maximum atomic E-state index is 11.8. The molecular weight excluding hydrogens is 300 g/mol. The fourth-order valence-electron chi connectivity index (χ4n) is 2.42. The molecule has 0 radical (unpaired) electrons. The summed E-state index contributed by atoms with van der Waals surface area (Å²) in [6.45, 7) is 4.55. The van der Waals surface area contributed by atoms with Crippen LogP contribution in [0.15, 0.2) is 47.5 Å². The molecule has 2 aromatic rings. The van der Waals surface area contributed by atoms with Gasteiger partial charge < -0.3 is 16.0 Å². The number of anilines is 1. The van der Waals surface area contributed by atoms with Crippen molar-refractivity contribution in [1.29, 1.82) is 0 Å². The van der Waals surface area contributed by atoms with Crippen molar-refractivity contribution in [1.82, 2.24) is 4.90 Å². The lowest BCUT2D eigenvalue weighted by atomic mass is 10.1. The van der Waals surface area contributed by atoms with Crippen LogP contribution in [0.1, 0.15) is 27.0 Å². The molecule has 0 aliphatic heterocycles. The standard InChI is InChI=1S/C19H24N4O/c1-13-9-14(2)11-17(10-13)22-19(20)21-12-15-5-7-16(8-6-15)18(24)23(3)4/h5-11H,12H2,1-4H3,(H3,20,21,22). The first kappa shape index (κ1) is 17.5. The molecule has 24 heavy (non-hydrogen) atoms. The van der Waals surface area contributed by atoms with Crippen molar-refractivity contribution < 1.29 is 4.79 Å². The van der Waals surface area contributed by atoms with Gasteiger partial charge in [0.15, 0.2) is 5.96 Å². The Labute approximate surface area is 143 Å². The molecule has 0 fully saturated rings. The van der Waals surface area contributed by atoms with E-state index in [0.717, 1.165) is 11.3 Å². The van der Waals surface area contributed by atoms with E-state index >= 15 is 0 Å². The smallest absolute Gasteiger partial charge is 0.253 e. The molecule has 5 heteroatoms. The van der Waals surface area contributed by atoms with Gasteiger partial charge in [0.1, 0.15) is 0 Å². The van der Waals surface area contributed by atoms with Crippen LogP contribution in [0.25, 0.3) is 0 Å². The van der Waals surface area contributed by atoms with E-state index in [2.05, 4.69) is 16.4 Å². The van der Waals surface area contributed by atoms with Gasteiger partial charge in [-0.2, -0.15) is 0 Å². The van der Waals surface area contributed by atoms with Crippen LogP contribution in [0.4, 0.5) is 5.69 Å². The molecule has 0 saturated carbocycles. The highest BCUT2D eigenvalue weighted by atomic mass is 16.2. The van der Waals surface area contributed by atoms with Crippen LogP contribution in [-0.2, 0) is 6.54 Å². The van der Waals surface area contributed by atoms with Crippen molar-refractivity contribution in [2.75, 3.05) is 19.4 Å². The Morgan fingerprint density at radius 3 is 2.21 bits per heavy atom. The van der Waals surface area contributed by atoms with Gasteiger partial charge in [-0.25, -0.2) is 4.99 Å². The van der Waals surface area contributed by atoms with Gasteiger partial charge in [-0.1, -0.05) is 18.2 Å². The molecular formula is C19H24N4O. The van der Waals surface area contributed by atoms with Crippen molar-refractivity contribution in [2.24, 2.45) is 10.7 Å². The van der Waals surface area contributed by atoms with Gasteiger partial charge in [0.25, 0.3) is 5.91 Å². The summed E-state index contributed by atoms with van der Waals surface area (Å²) in [5.41, 5.74) is 10.9. The third kappa shape index (κ3) is 4.84. The van der Waals surface area contributed by atoms with Crippen molar-refractivity contribution in [3.8, 4) is 0 Å². The zero-order valence-corrected chi connectivity index (χ0v) is 14.6. The molecule has 1 amide bonds. The van der Waals surface area contributed by atoms with E-state index in [1.165, 1.54) is 11.1 Å². The van der Waals surface area contributed by atoms with Crippen LogP contribution in [0.3, 0.4) is 0 Å². The van der Waals surface area contributed by atoms with Gasteiger partial charge in [0.2, 0.25) is 0 Å². The summed E-state index contributed by atoms with van der Waals surface area (Å²) >= 11 is 0. The topological polar surface area (TPSA) is 70.7 Å². The summed E-state index contributed by atoms with van der Waals surface area (Å²) < 4.78 is 0. The first-order valence-electron chi connectivity index (χ1n) is 7.81. The van der Waals surface area contributed by atoms with Crippen LogP contribution in [0.2, 0.25) is 0 Å². The summed E-state index contributed by atoms with van der Waals surface area (Å²) in [5.74, 6) is 0.356. The molecule has 0 heterocycles. The largest absolute Gasteiger partial charge is 0.370 e. The predicted molar refractivity (Wildman–Crippen MR) is 99.3 cm³/mol. The molecule has 0 saturated heterocycles. The van der Waals surface area contributed by atoms with Crippen molar-refractivity contribution >= 4 is 17.6 Å². The van der Waals surface area contributed by atoms with Crippen molar-refractivity contribution in [3.63, 3.8) is 0 Å². The Morgan fingerprint density at radius 1 is 1.08 bits per heavy atom. The minimum absolute atomic E-state index is 0.0129. The summed E-state index contributed by atoms with van der Waals surface area (Å²) in [4.78, 5) is 17.7. The second-order valence-electron chi connectivity index (χ2n) is 6.10. The Kier molecular flexibility index (Phi) is 5.58. The molecule has 2 aromatic carbocycles. The minimum atomic E-state index is -0.0129. The van der Waals surface area contributed by atoms with E-state index in [0.29, 0.717) is 18.1 Å². The van der Waals surface area contributed by atoms with E-state index in [-0.39, 0.29) is 5.91 Å². The lowest BCUT2D eigenvalue weighted by molar-refractivity contribution is 0.0827. The molecule has 0 aromatic heterocycles. The van der Waals surface area contributed by atoms with Crippen LogP contribution in [0.5, 0.6) is 0 Å². The number of nitrogens with zero attached hydrogens (tertiary/aromatic N) is 2. The molecule has 5 nitrogen and oxygen atoms in total. The highest BCUT2D eigenvalue weighted by Crippen LogP contribution is 2.13. The van der Waals surface area contributed by atoms with Gasteiger partial charge in [0, 0.05) is 25.3 Å². The lowest BCUT2D eigenvalue weighted by Crippen LogP contribution is -2.22. The monoisotopic (exact) mass is 324 g/mol. The van der Waals surface area contributed by atoms with E-state index in [1.807, 2.05) is 38.1 Å². The predicted octanol–water partition coefficient (Wildman–Crippen LogP) is 2.93. The molecule has 0 unspecified atom stereocenters. The minimum Gasteiger partial charge on any atom is -0.370 e. The number of aryl methyl sites for hydroxylation is 2. The molecule has 0 bridgehead atoms. The van der Waals surface area contributed by atoms with Gasteiger partial charge >= 0.3 is 0 Å². The quantitative estimate of drug-likeness (QED) is 0.671. The third-order valence-corrected chi connectivity index (χ3v) is 3.53. The maximum Gasteiger partial charge on any atom is 0.253 e. The number of rotatable bonds is 4. The number of hydrogen-bond acceptors (Lipinski definition) is 2. The fraction of sp³-hybridized carbons (Fsp3) is 0.263. The number of carbonyl (C=O) groups is 1. The average molecular weight is 324 g/mol. The number of nitrogens with one attached hydrogen (secondary N) is 1. The number of hydrogen-bond donors (Lipinski definition) is 2. The Bertz CT molecular complexity index is 728. The normalized spacial score (nSPS) is 11.2. The molecule has 3 N–H and O–H groups in total. The van der Waals surface area contributed by atoms with E-state index in [9.17, 15) is 4.79 Å². The van der Waals surface area contributed by atoms with Gasteiger partial charge in [0.05, 0.1) is 6.54 Å². The van der Waals surface area contributed by atoms with E-state index in [4.69, 9.17) is 5.73 Å². The number of benzene rings is 2. The number of guanidine groups is 1. The first-order chi connectivity index (χ1) is 11.3. The molecule has 2 rings (SSSR count). The summed E-state index contributed by atoms with van der Waals surface area (Å²) in [6, 6.07) is 13.6. The summed E-state index contributed by atoms with van der Waals surface area (Å²) in [7, 11) is 3.47. The van der Waals surface area contributed by atoms with Crippen LogP contribution in [-0.4, -0.2) is 30.9 Å². The number of amides is 1. The number of nitrogens with two attached hydrogens (primary N) is 1. The Hall–Kier alpha value is -2.82. The van der Waals surface area contributed by atoms with Crippen LogP contribution >= 0.6 is 0 Å². The van der Waals surface area contributed by atoms with E-state index < -0.39 is 0 Å². The van der Waals surface area contributed by atoms with Gasteiger partial charge in [-0.3, -0.25) is 4.79 Å². The van der Waals surface area contributed by atoms with Crippen LogP contribution < -0.4 is 11.1 Å². The molecule has 0 atom stereocenters. The van der Waals surface area contributed by atoms with Gasteiger partial charge in [-0.15, -0.1) is 0 Å². The summed E-state index contributed by atoms with van der Waals surface area (Å²) in [6.07, 6.45) is 0. The average Bonchev–Trinajstić information content (AvgIpc) is 2.51. The number of aliphatic imine (C=N–C) groups is 1. The number of carbonyl (C=O) groups excluding carboxylic acids is 1. The van der Waals surface area contributed by atoms with Crippen LogP contribution in [0, 0.1) is 13.8 Å². The zero-order chi connectivity index (χ0) is 17.7. The second kappa shape index (κ2) is 7.64. The highest BCUT2D eigenvalue weighted by Gasteiger charge is 2.07. The zero-order valence-electron chi connectivity index (χ0n) is 14.6. The Morgan fingerprint density at radius 2 is 1.67 bits per heavy atom. The van der Waals surface area contributed by atoms with Gasteiger partial charge in [-0.05, 0) is 54.8 Å². The second-order valence-corrected chi connectivity index (χ2v) is 6.10. The molecule has 0 aliphatic carbocycles. The fourth-order valence-corrected chi connectivity index (χ4v) is 2.42. The molecule has 0 aliphatic rings. The highest BCUT2D eigenvalue weighted by molar-refractivity contribution is 5.94. The van der Waals surface area contributed by atoms with Crippen molar-refractivity contribution in [2.45, 2.75) is 20.4 Å². The SMILES string of the molecule is Cc1cc(C)cc(NC(N)=NCc2ccc(C(=O)N(C)C)cc2)c1. The first-order valence-corrected chi connectivity index (χ1v) is 7.81. The van der Waals surface area contributed by atoms with Crippen molar-refractivity contribution in [3.05, 3.63) is 64.7 Å². The molecule has 126 valence electrons. The lowest BCUT2D eigenvalue weighted by Gasteiger charge is -2.10. The van der Waals surface area contributed by atoms with E-state index in [1.54, 1.807) is 31.1 Å². The summed E-state index contributed by atoms with van der Waals surface area (Å²) in [5, 5.41) is 3.11. The maximum absolute atomic E-state index is 11.8. The molecule has 0 spiro atoms. The third-order valence-electron chi connectivity index (χ3n) is 3.53.